The van der Waals surface area contributed by atoms with Crippen LogP contribution in [0.1, 0.15) is 46.0 Å². The summed E-state index contributed by atoms with van der Waals surface area (Å²) in [6.45, 7) is 5.29. The Bertz CT molecular complexity index is 437. The van der Waals surface area contributed by atoms with Gasteiger partial charge in [0.25, 0.3) is 0 Å². The molecular weight excluding hydrogens is 262 g/mol. The van der Waals surface area contributed by atoms with Crippen LogP contribution in [0.3, 0.4) is 0 Å². The maximum Gasteiger partial charge on any atom is 0.161 e. The van der Waals surface area contributed by atoms with Crippen LogP contribution in [0.2, 0.25) is 0 Å². The van der Waals surface area contributed by atoms with Gasteiger partial charge in [0.15, 0.2) is 11.5 Å². The lowest BCUT2D eigenvalue weighted by Gasteiger charge is -2.38. The molecule has 2 rings (SSSR count). The van der Waals surface area contributed by atoms with Crippen molar-refractivity contribution < 1.29 is 9.47 Å². The Balaban J connectivity index is 1.81. The van der Waals surface area contributed by atoms with Crippen molar-refractivity contribution in [3.63, 3.8) is 0 Å². The molecule has 0 radical (unpaired) electrons. The van der Waals surface area contributed by atoms with Crippen molar-refractivity contribution >= 4 is 0 Å². The fraction of sp³-hybridized carbons (Fsp3) is 0.667. The number of hydrogen-bond acceptors (Lipinski definition) is 3. The van der Waals surface area contributed by atoms with Gasteiger partial charge < -0.3 is 15.2 Å². The second-order valence-electron chi connectivity index (χ2n) is 6.69. The van der Waals surface area contributed by atoms with Crippen molar-refractivity contribution in [3.8, 4) is 11.5 Å². The molecule has 0 bridgehead atoms. The minimum Gasteiger partial charge on any atom is -0.493 e. The average Bonchev–Trinajstić information content (AvgIpc) is 2.48. The zero-order chi connectivity index (χ0) is 15.3. The molecule has 0 amide bonds. The molecule has 3 heteroatoms. The second-order valence-corrected chi connectivity index (χ2v) is 6.69. The van der Waals surface area contributed by atoms with Crippen molar-refractivity contribution in [1.82, 2.24) is 0 Å². The van der Waals surface area contributed by atoms with Gasteiger partial charge in [0, 0.05) is 5.54 Å². The Hall–Kier alpha value is -1.22. The SMILES string of the molecule is COc1ccccc1OCCC1(N)CCC(C(C)C)CC1. The Kier molecular flexibility index (Phi) is 5.51. The number of rotatable bonds is 6. The summed E-state index contributed by atoms with van der Waals surface area (Å²) in [5, 5.41) is 0. The Morgan fingerprint density at radius 1 is 1.19 bits per heavy atom. The molecule has 1 aromatic carbocycles. The highest BCUT2D eigenvalue weighted by atomic mass is 16.5. The lowest BCUT2D eigenvalue weighted by atomic mass is 9.72. The first-order valence-electron chi connectivity index (χ1n) is 8.09. The highest BCUT2D eigenvalue weighted by Gasteiger charge is 2.32. The molecule has 1 aliphatic rings. The van der Waals surface area contributed by atoms with E-state index in [1.54, 1.807) is 7.11 Å². The van der Waals surface area contributed by atoms with E-state index in [0.29, 0.717) is 6.61 Å². The molecule has 0 unspecified atom stereocenters. The smallest absolute Gasteiger partial charge is 0.161 e. The first kappa shape index (κ1) is 16.2. The van der Waals surface area contributed by atoms with E-state index >= 15 is 0 Å². The van der Waals surface area contributed by atoms with Gasteiger partial charge >= 0.3 is 0 Å². The van der Waals surface area contributed by atoms with Gasteiger partial charge in [-0.15, -0.1) is 0 Å². The molecule has 3 nitrogen and oxygen atoms in total. The van der Waals surface area contributed by atoms with E-state index in [9.17, 15) is 0 Å². The van der Waals surface area contributed by atoms with E-state index in [-0.39, 0.29) is 5.54 Å². The monoisotopic (exact) mass is 291 g/mol. The topological polar surface area (TPSA) is 44.5 Å². The van der Waals surface area contributed by atoms with Crippen LogP contribution in [0.4, 0.5) is 0 Å². The summed E-state index contributed by atoms with van der Waals surface area (Å²) in [4.78, 5) is 0. The molecule has 0 saturated heterocycles. The zero-order valence-corrected chi connectivity index (χ0v) is 13.6. The van der Waals surface area contributed by atoms with E-state index in [1.165, 1.54) is 12.8 Å². The second kappa shape index (κ2) is 7.17. The van der Waals surface area contributed by atoms with Crippen LogP contribution >= 0.6 is 0 Å². The first-order chi connectivity index (χ1) is 10.0. The fourth-order valence-corrected chi connectivity index (χ4v) is 3.23. The molecule has 0 heterocycles. The van der Waals surface area contributed by atoms with Crippen molar-refractivity contribution in [2.45, 2.75) is 51.5 Å². The van der Waals surface area contributed by atoms with Crippen LogP contribution in [0.15, 0.2) is 24.3 Å². The van der Waals surface area contributed by atoms with Crippen molar-refractivity contribution in [2.75, 3.05) is 13.7 Å². The lowest BCUT2D eigenvalue weighted by Crippen LogP contribution is -2.45. The van der Waals surface area contributed by atoms with Crippen LogP contribution in [0.25, 0.3) is 0 Å². The summed E-state index contributed by atoms with van der Waals surface area (Å²) in [6, 6.07) is 7.77. The maximum absolute atomic E-state index is 6.54. The minimum absolute atomic E-state index is 0.0482. The molecule has 21 heavy (non-hydrogen) atoms. The van der Waals surface area contributed by atoms with E-state index in [4.69, 9.17) is 15.2 Å². The third-order valence-corrected chi connectivity index (χ3v) is 4.90. The summed E-state index contributed by atoms with van der Waals surface area (Å²) < 4.78 is 11.2. The molecule has 1 fully saturated rings. The fourth-order valence-electron chi connectivity index (χ4n) is 3.23. The number of ether oxygens (including phenoxy) is 2. The predicted octanol–water partition coefficient (Wildman–Crippen LogP) is 4.01. The highest BCUT2D eigenvalue weighted by molar-refractivity contribution is 5.39. The van der Waals surface area contributed by atoms with Gasteiger partial charge in [-0.25, -0.2) is 0 Å². The molecule has 0 spiro atoms. The molecule has 0 aliphatic heterocycles. The van der Waals surface area contributed by atoms with Crippen molar-refractivity contribution in [2.24, 2.45) is 17.6 Å². The molecular formula is C18H29NO2. The zero-order valence-electron chi connectivity index (χ0n) is 13.6. The number of hydrogen-bond donors (Lipinski definition) is 1. The molecule has 1 saturated carbocycles. The molecule has 118 valence electrons. The quantitative estimate of drug-likeness (QED) is 0.861. The third kappa shape index (κ3) is 4.37. The molecule has 0 aromatic heterocycles. The number of methoxy groups -OCH3 is 1. The van der Waals surface area contributed by atoms with E-state index in [2.05, 4.69) is 13.8 Å². The van der Waals surface area contributed by atoms with Crippen LogP contribution in [-0.4, -0.2) is 19.3 Å². The summed E-state index contributed by atoms with van der Waals surface area (Å²) in [5.74, 6) is 3.21. The van der Waals surface area contributed by atoms with E-state index in [1.807, 2.05) is 24.3 Å². The van der Waals surface area contributed by atoms with Gasteiger partial charge in [0.1, 0.15) is 0 Å². The Morgan fingerprint density at radius 2 is 1.81 bits per heavy atom. The number of benzene rings is 1. The van der Waals surface area contributed by atoms with Gasteiger partial charge in [-0.2, -0.15) is 0 Å². The summed E-state index contributed by atoms with van der Waals surface area (Å²) in [7, 11) is 1.67. The van der Waals surface area contributed by atoms with Crippen molar-refractivity contribution in [3.05, 3.63) is 24.3 Å². The lowest BCUT2D eigenvalue weighted by molar-refractivity contribution is 0.161. The normalized spacial score (nSPS) is 25.9. The van der Waals surface area contributed by atoms with Gasteiger partial charge in [0.05, 0.1) is 13.7 Å². The molecule has 1 aromatic rings. The molecule has 2 N–H and O–H groups in total. The maximum atomic E-state index is 6.54. The van der Waals surface area contributed by atoms with Crippen LogP contribution in [0.5, 0.6) is 11.5 Å². The van der Waals surface area contributed by atoms with E-state index in [0.717, 1.165) is 42.6 Å². The van der Waals surface area contributed by atoms with Gasteiger partial charge in [-0.3, -0.25) is 0 Å². The largest absolute Gasteiger partial charge is 0.493 e. The standard InChI is InChI=1S/C18H29NO2/c1-14(2)15-8-10-18(19,11-9-15)12-13-21-17-7-5-4-6-16(17)20-3/h4-7,14-15H,8-13,19H2,1-3H3. The van der Waals surface area contributed by atoms with Gasteiger partial charge in [-0.05, 0) is 56.1 Å². The van der Waals surface area contributed by atoms with E-state index < -0.39 is 0 Å². The first-order valence-corrected chi connectivity index (χ1v) is 8.09. The Morgan fingerprint density at radius 3 is 2.38 bits per heavy atom. The summed E-state index contributed by atoms with van der Waals surface area (Å²) in [5.41, 5.74) is 6.50. The third-order valence-electron chi connectivity index (χ3n) is 4.90. The minimum atomic E-state index is -0.0482. The Labute approximate surface area is 128 Å². The summed E-state index contributed by atoms with van der Waals surface area (Å²) in [6.07, 6.45) is 5.65. The molecule has 0 atom stereocenters. The van der Waals surface area contributed by atoms with Crippen LogP contribution in [0, 0.1) is 11.8 Å². The number of nitrogens with two attached hydrogens (primary N) is 1. The van der Waals surface area contributed by atoms with Gasteiger partial charge in [0.2, 0.25) is 0 Å². The van der Waals surface area contributed by atoms with Crippen LogP contribution in [-0.2, 0) is 0 Å². The predicted molar refractivity (Wildman–Crippen MR) is 86.8 cm³/mol. The number of para-hydroxylation sites is 2. The van der Waals surface area contributed by atoms with Gasteiger partial charge in [-0.1, -0.05) is 26.0 Å². The highest BCUT2D eigenvalue weighted by Crippen LogP contribution is 2.36. The van der Waals surface area contributed by atoms with Crippen LogP contribution < -0.4 is 15.2 Å². The average molecular weight is 291 g/mol. The molecule has 1 aliphatic carbocycles. The van der Waals surface area contributed by atoms with Crippen molar-refractivity contribution in [1.29, 1.82) is 0 Å². The summed E-state index contributed by atoms with van der Waals surface area (Å²) >= 11 is 0.